The summed E-state index contributed by atoms with van der Waals surface area (Å²) in [7, 11) is 0. The van der Waals surface area contributed by atoms with E-state index in [-0.39, 0.29) is 85.2 Å². The monoisotopic (exact) mass is 958 g/mol. The first-order valence-corrected chi connectivity index (χ1v) is 21.9. The summed E-state index contributed by atoms with van der Waals surface area (Å²) in [5.74, 6) is -3.12. The van der Waals surface area contributed by atoms with Crippen molar-refractivity contribution in [2.75, 3.05) is 6.61 Å². The molecule has 1 aliphatic heterocycles. The average Bonchev–Trinajstić information content (AvgIpc) is 4.16. The van der Waals surface area contributed by atoms with Crippen LogP contribution in [0.5, 0.6) is 5.75 Å². The number of carboxylic acid groups (broad SMARTS) is 2. The Balaban J connectivity index is 0.000000152. The fourth-order valence-electron chi connectivity index (χ4n) is 9.50. The predicted molar refractivity (Wildman–Crippen MR) is 258 cm³/mol. The minimum atomic E-state index is -1.35. The van der Waals surface area contributed by atoms with Gasteiger partial charge in [0.15, 0.2) is 0 Å². The summed E-state index contributed by atoms with van der Waals surface area (Å²) in [4.78, 5) is 74.9. The highest BCUT2D eigenvalue weighted by atomic mass is 35.5. The Bertz CT molecular complexity index is 4200. The predicted octanol–water partition coefficient (Wildman–Crippen LogP) is 9.49. The Morgan fingerprint density at radius 1 is 0.686 bits per heavy atom. The van der Waals surface area contributed by atoms with Crippen molar-refractivity contribution in [2.45, 2.75) is 19.5 Å². The maximum Gasteiger partial charge on any atom is 0.353 e. The molecule has 0 spiro atoms. The molecular weight excluding hydrogens is 926 g/mol. The fourth-order valence-corrected chi connectivity index (χ4v) is 9.76. The van der Waals surface area contributed by atoms with Gasteiger partial charge in [0.1, 0.15) is 39.9 Å². The van der Waals surface area contributed by atoms with Crippen LogP contribution in [0.2, 0.25) is 5.02 Å². The molecule has 1 aliphatic rings. The molecule has 0 saturated carbocycles. The van der Waals surface area contributed by atoms with Gasteiger partial charge in [-0.1, -0.05) is 41.9 Å². The molecular formula is C52H33ClF2N6O9. The molecule has 0 aliphatic carbocycles. The topological polar surface area (TPSA) is 218 Å². The minimum Gasteiger partial charge on any atom is -0.492 e. The summed E-state index contributed by atoms with van der Waals surface area (Å²) in [6.45, 7) is 0.322. The van der Waals surface area contributed by atoms with Crippen LogP contribution >= 0.6 is 11.6 Å². The van der Waals surface area contributed by atoms with Gasteiger partial charge >= 0.3 is 11.9 Å². The summed E-state index contributed by atoms with van der Waals surface area (Å²) >= 11 is 6.66. The molecule has 0 atom stereocenters. The third-order valence-electron chi connectivity index (χ3n) is 12.6. The normalized spacial score (nSPS) is 12.2. The number of nitrogens with zero attached hydrogens (tertiary/aromatic N) is 3. The van der Waals surface area contributed by atoms with Crippen molar-refractivity contribution in [1.82, 2.24) is 29.1 Å². The summed E-state index contributed by atoms with van der Waals surface area (Å²) < 4.78 is 44.5. The molecule has 70 heavy (non-hydrogen) atoms. The summed E-state index contributed by atoms with van der Waals surface area (Å²) in [6, 6.07) is 24.6. The molecule has 5 N–H and O–H groups in total. The third kappa shape index (κ3) is 7.01. The number of benzene rings is 4. The number of halogens is 3. The number of aromatic carboxylic acids is 2. The number of hydrogen-bond acceptors (Lipinski definition) is 8. The van der Waals surface area contributed by atoms with E-state index in [2.05, 4.69) is 19.9 Å². The van der Waals surface area contributed by atoms with Crippen LogP contribution in [0.1, 0.15) is 37.7 Å². The van der Waals surface area contributed by atoms with Crippen LogP contribution in [-0.4, -0.2) is 57.8 Å². The van der Waals surface area contributed by atoms with Gasteiger partial charge in [-0.2, -0.15) is 0 Å². The minimum absolute atomic E-state index is 0.0518. The Kier molecular flexibility index (Phi) is 10.5. The summed E-state index contributed by atoms with van der Waals surface area (Å²) in [5, 5.41) is 23.8. The standard InChI is InChI=1S/C27H16F2N2O4.C25H17ClN4O5/c28-19-11-15-5-2-1-4-14(15)10-16(19)13-31-21-12-20(29)17-7-9-35-25(17)23(21)22(24(31)27(33)34)18-6-3-8-30-26(18)32;26-19-13(10-29-20-15(19)5-8-28-24(20)32)11-30-16-4-3-12-6-9-35-22(12)18(16)17(21(30)25(33)34)14-2-1-7-27-23(14)31/h1-12H,13H2,(H,30,32)(H,33,34);1-5,7-8,10H,6,9,11H2,(H,27,31)(H,28,32)(H,33,34). The molecule has 346 valence electrons. The lowest BCUT2D eigenvalue weighted by atomic mass is 10.0. The Morgan fingerprint density at radius 2 is 1.33 bits per heavy atom. The number of fused-ring (bicyclic) bond motifs is 8. The van der Waals surface area contributed by atoms with Crippen molar-refractivity contribution in [3.05, 3.63) is 198 Å². The van der Waals surface area contributed by atoms with Crippen LogP contribution in [0.25, 0.3) is 76.7 Å². The van der Waals surface area contributed by atoms with E-state index in [0.29, 0.717) is 51.0 Å². The van der Waals surface area contributed by atoms with Crippen molar-refractivity contribution in [1.29, 1.82) is 0 Å². The van der Waals surface area contributed by atoms with Crippen molar-refractivity contribution < 1.29 is 37.7 Å². The zero-order valence-corrected chi connectivity index (χ0v) is 36.9. The lowest BCUT2D eigenvalue weighted by Gasteiger charge is -2.12. The number of aromatic amines is 3. The zero-order valence-electron chi connectivity index (χ0n) is 36.1. The quantitative estimate of drug-likeness (QED) is 0.0971. The fraction of sp³-hybridized carbons (Fsp3) is 0.0769. The lowest BCUT2D eigenvalue weighted by molar-refractivity contribution is 0.0676. The van der Waals surface area contributed by atoms with Crippen molar-refractivity contribution in [2.24, 2.45) is 0 Å². The van der Waals surface area contributed by atoms with Gasteiger partial charge in [0.25, 0.3) is 16.7 Å². The molecule has 8 heterocycles. The van der Waals surface area contributed by atoms with Crippen molar-refractivity contribution >= 4 is 78.0 Å². The number of furan rings is 1. The second-order valence-electron chi connectivity index (χ2n) is 16.5. The molecule has 11 aromatic rings. The molecule has 15 nitrogen and oxygen atoms in total. The first kappa shape index (κ1) is 43.5. The van der Waals surface area contributed by atoms with Crippen LogP contribution in [0.15, 0.2) is 141 Å². The van der Waals surface area contributed by atoms with E-state index in [1.165, 1.54) is 59.9 Å². The SMILES string of the molecule is O=C(O)c1c(-c2ccc[nH]c2=O)c2c3c(ccc2n1Cc1cnc2c(=O)[nH]ccc2c1Cl)CCO3.O=C(O)c1c(-c2ccc[nH]c2=O)c2c3occc3c(F)cc2n1Cc1cc2ccccc2cc1F. The molecule has 4 aromatic carbocycles. The van der Waals surface area contributed by atoms with Gasteiger partial charge in [0.2, 0.25) is 0 Å². The van der Waals surface area contributed by atoms with Gasteiger partial charge in [0, 0.05) is 58.8 Å². The van der Waals surface area contributed by atoms with Gasteiger partial charge in [-0.25, -0.2) is 23.4 Å². The second kappa shape index (κ2) is 16.9. The summed E-state index contributed by atoms with van der Waals surface area (Å²) in [5.41, 5.74) is 1.80. The number of pyridine rings is 4. The van der Waals surface area contributed by atoms with E-state index in [0.717, 1.165) is 10.9 Å². The molecule has 0 radical (unpaired) electrons. The Morgan fingerprint density at radius 3 is 2.01 bits per heavy atom. The van der Waals surface area contributed by atoms with E-state index in [1.807, 2.05) is 24.3 Å². The largest absolute Gasteiger partial charge is 0.492 e. The highest BCUT2D eigenvalue weighted by molar-refractivity contribution is 6.36. The van der Waals surface area contributed by atoms with Crippen LogP contribution < -0.4 is 21.4 Å². The van der Waals surface area contributed by atoms with Gasteiger partial charge < -0.3 is 43.5 Å². The number of carboxylic acids is 2. The molecule has 7 aromatic heterocycles. The van der Waals surface area contributed by atoms with Crippen molar-refractivity contribution in [3.63, 3.8) is 0 Å². The number of aromatic nitrogens is 6. The molecule has 0 amide bonds. The van der Waals surface area contributed by atoms with Crippen LogP contribution in [0.4, 0.5) is 8.78 Å². The van der Waals surface area contributed by atoms with Crippen LogP contribution in [-0.2, 0) is 19.5 Å². The molecule has 0 bridgehead atoms. The zero-order chi connectivity index (χ0) is 48.5. The van der Waals surface area contributed by atoms with Gasteiger partial charge in [-0.15, -0.1) is 0 Å². The lowest BCUT2D eigenvalue weighted by Crippen LogP contribution is -2.14. The van der Waals surface area contributed by atoms with E-state index < -0.39 is 34.7 Å². The van der Waals surface area contributed by atoms with Crippen molar-refractivity contribution in [3.8, 4) is 28.0 Å². The average molecular weight is 959 g/mol. The number of hydrogen-bond donors (Lipinski definition) is 5. The van der Waals surface area contributed by atoms with Gasteiger partial charge in [-0.05, 0) is 77.0 Å². The first-order chi connectivity index (χ1) is 33.9. The highest BCUT2D eigenvalue weighted by Crippen LogP contribution is 2.44. The maximum absolute atomic E-state index is 15.1. The van der Waals surface area contributed by atoms with Crippen LogP contribution in [0.3, 0.4) is 0 Å². The highest BCUT2D eigenvalue weighted by Gasteiger charge is 2.32. The smallest absolute Gasteiger partial charge is 0.353 e. The molecule has 0 fully saturated rings. The third-order valence-corrected chi connectivity index (χ3v) is 13.0. The Labute approximate surface area is 395 Å². The second-order valence-corrected chi connectivity index (χ2v) is 16.9. The number of H-pyrrole nitrogens is 3. The maximum atomic E-state index is 15.1. The number of ether oxygens (including phenoxy) is 1. The van der Waals surface area contributed by atoms with E-state index in [1.54, 1.807) is 47.0 Å². The van der Waals surface area contributed by atoms with E-state index >= 15 is 8.78 Å². The molecule has 12 rings (SSSR count). The van der Waals surface area contributed by atoms with E-state index in [4.69, 9.17) is 20.8 Å². The number of nitrogens with one attached hydrogen (secondary N) is 3. The number of rotatable bonds is 8. The Hall–Kier alpha value is -9.09. The molecule has 0 unspecified atom stereocenters. The van der Waals surface area contributed by atoms with Gasteiger partial charge in [-0.3, -0.25) is 14.4 Å². The van der Waals surface area contributed by atoms with E-state index in [9.17, 15) is 34.2 Å². The molecule has 0 saturated heterocycles. The first-order valence-electron chi connectivity index (χ1n) is 21.6. The number of carbonyl (C=O) groups is 2. The van der Waals surface area contributed by atoms with Crippen LogP contribution in [0, 0.1) is 11.6 Å². The molecule has 18 heteroatoms. The summed E-state index contributed by atoms with van der Waals surface area (Å²) in [6.07, 6.45) is 7.87. The van der Waals surface area contributed by atoms with Gasteiger partial charge in [0.05, 0.1) is 69.3 Å².